The molecule has 108 valence electrons. The average molecular weight is 349 g/mol. The van der Waals surface area contributed by atoms with Gasteiger partial charge in [-0.05, 0) is 58.7 Å². The summed E-state index contributed by atoms with van der Waals surface area (Å²) in [6, 6.07) is 10.5. The Kier molecular flexibility index (Phi) is 4.81. The molecule has 0 aromatic heterocycles. The summed E-state index contributed by atoms with van der Waals surface area (Å²) < 4.78 is 19.1. The minimum absolute atomic E-state index is 0.290. The van der Waals surface area contributed by atoms with Crippen LogP contribution in [0, 0.1) is 24.1 Å². The van der Waals surface area contributed by atoms with Gasteiger partial charge in [0.05, 0.1) is 23.2 Å². The SMILES string of the molecule is COc1ccc(C#N)cc1CNc1cc(Br)c(F)cc1C. The number of nitriles is 1. The van der Waals surface area contributed by atoms with Gasteiger partial charge in [-0.25, -0.2) is 4.39 Å². The van der Waals surface area contributed by atoms with E-state index in [0.29, 0.717) is 22.3 Å². The number of anilines is 1. The van der Waals surface area contributed by atoms with Gasteiger partial charge in [0, 0.05) is 17.8 Å². The fourth-order valence-corrected chi connectivity index (χ4v) is 2.36. The van der Waals surface area contributed by atoms with Crippen molar-refractivity contribution < 1.29 is 9.13 Å². The second-order valence-electron chi connectivity index (χ2n) is 4.57. The zero-order chi connectivity index (χ0) is 15.4. The lowest BCUT2D eigenvalue weighted by Gasteiger charge is -2.13. The lowest BCUT2D eigenvalue weighted by molar-refractivity contribution is 0.410. The van der Waals surface area contributed by atoms with Crippen LogP contribution in [0.2, 0.25) is 0 Å². The first-order valence-electron chi connectivity index (χ1n) is 6.31. The molecule has 0 aliphatic carbocycles. The van der Waals surface area contributed by atoms with Crippen LogP contribution >= 0.6 is 15.9 Å². The number of hydrogen-bond acceptors (Lipinski definition) is 3. The first-order chi connectivity index (χ1) is 10.0. The van der Waals surface area contributed by atoms with Crippen molar-refractivity contribution in [3.05, 3.63) is 57.3 Å². The van der Waals surface area contributed by atoms with E-state index in [2.05, 4.69) is 27.3 Å². The number of hydrogen-bond donors (Lipinski definition) is 1. The van der Waals surface area contributed by atoms with Crippen LogP contribution in [0.3, 0.4) is 0 Å². The molecule has 0 bridgehead atoms. The number of benzene rings is 2. The Balaban J connectivity index is 2.24. The molecule has 0 atom stereocenters. The molecule has 0 fully saturated rings. The molecule has 0 unspecified atom stereocenters. The fraction of sp³-hybridized carbons (Fsp3) is 0.188. The lowest BCUT2D eigenvalue weighted by atomic mass is 10.1. The summed E-state index contributed by atoms with van der Waals surface area (Å²) in [5.41, 5.74) is 3.08. The molecule has 21 heavy (non-hydrogen) atoms. The highest BCUT2D eigenvalue weighted by molar-refractivity contribution is 9.10. The number of nitrogens with zero attached hydrogens (tertiary/aromatic N) is 1. The van der Waals surface area contributed by atoms with Gasteiger partial charge in [-0.1, -0.05) is 0 Å². The normalized spacial score (nSPS) is 10.0. The van der Waals surface area contributed by atoms with Gasteiger partial charge in [-0.3, -0.25) is 0 Å². The van der Waals surface area contributed by atoms with Gasteiger partial charge in [0.1, 0.15) is 11.6 Å². The van der Waals surface area contributed by atoms with Crippen LogP contribution in [-0.4, -0.2) is 7.11 Å². The van der Waals surface area contributed by atoms with E-state index in [-0.39, 0.29) is 5.82 Å². The van der Waals surface area contributed by atoms with Crippen molar-refractivity contribution in [3.8, 4) is 11.8 Å². The Morgan fingerprint density at radius 3 is 2.76 bits per heavy atom. The maximum Gasteiger partial charge on any atom is 0.137 e. The summed E-state index contributed by atoms with van der Waals surface area (Å²) in [7, 11) is 1.59. The van der Waals surface area contributed by atoms with E-state index in [1.807, 2.05) is 6.92 Å². The summed E-state index contributed by atoms with van der Waals surface area (Å²) in [5, 5.41) is 12.2. The molecular weight excluding hydrogens is 335 g/mol. The highest BCUT2D eigenvalue weighted by Gasteiger charge is 2.08. The Labute approximate surface area is 131 Å². The first-order valence-corrected chi connectivity index (χ1v) is 7.11. The zero-order valence-corrected chi connectivity index (χ0v) is 13.3. The molecule has 1 N–H and O–H groups in total. The van der Waals surface area contributed by atoms with Crippen molar-refractivity contribution in [2.75, 3.05) is 12.4 Å². The largest absolute Gasteiger partial charge is 0.496 e. The summed E-state index contributed by atoms with van der Waals surface area (Å²) >= 11 is 3.17. The molecule has 0 saturated carbocycles. The molecule has 0 spiro atoms. The molecule has 0 aliphatic heterocycles. The highest BCUT2D eigenvalue weighted by atomic mass is 79.9. The van der Waals surface area contributed by atoms with Crippen molar-refractivity contribution in [2.45, 2.75) is 13.5 Å². The van der Waals surface area contributed by atoms with Gasteiger partial charge >= 0.3 is 0 Å². The second kappa shape index (κ2) is 6.59. The van der Waals surface area contributed by atoms with Crippen LogP contribution in [0.5, 0.6) is 5.75 Å². The molecule has 2 aromatic carbocycles. The van der Waals surface area contributed by atoms with E-state index in [1.54, 1.807) is 31.4 Å². The number of methoxy groups -OCH3 is 1. The van der Waals surface area contributed by atoms with Crippen molar-refractivity contribution in [1.82, 2.24) is 0 Å². The highest BCUT2D eigenvalue weighted by Crippen LogP contribution is 2.26. The maximum absolute atomic E-state index is 13.4. The lowest BCUT2D eigenvalue weighted by Crippen LogP contribution is -2.04. The molecule has 2 rings (SSSR count). The first kappa shape index (κ1) is 15.3. The molecule has 2 aromatic rings. The summed E-state index contributed by atoms with van der Waals surface area (Å²) in [6.07, 6.45) is 0. The summed E-state index contributed by atoms with van der Waals surface area (Å²) in [4.78, 5) is 0. The monoisotopic (exact) mass is 348 g/mol. The van der Waals surface area contributed by atoms with Gasteiger partial charge in [-0.2, -0.15) is 5.26 Å². The summed E-state index contributed by atoms with van der Waals surface area (Å²) in [5.74, 6) is 0.419. The Hall–Kier alpha value is -2.06. The third kappa shape index (κ3) is 3.53. The second-order valence-corrected chi connectivity index (χ2v) is 5.43. The van der Waals surface area contributed by atoms with Gasteiger partial charge < -0.3 is 10.1 Å². The Morgan fingerprint density at radius 1 is 1.33 bits per heavy atom. The van der Waals surface area contributed by atoms with Crippen LogP contribution in [-0.2, 0) is 6.54 Å². The smallest absolute Gasteiger partial charge is 0.137 e. The molecule has 3 nitrogen and oxygen atoms in total. The predicted molar refractivity (Wildman–Crippen MR) is 83.9 cm³/mol. The van der Waals surface area contributed by atoms with Gasteiger partial charge in [0.2, 0.25) is 0 Å². The molecule has 0 amide bonds. The van der Waals surface area contributed by atoms with E-state index < -0.39 is 0 Å². The van der Waals surface area contributed by atoms with E-state index >= 15 is 0 Å². The summed E-state index contributed by atoms with van der Waals surface area (Å²) in [6.45, 7) is 2.32. The molecular formula is C16H14BrFN2O. The topological polar surface area (TPSA) is 45.0 Å². The van der Waals surface area contributed by atoms with Crippen molar-refractivity contribution in [1.29, 1.82) is 5.26 Å². The molecule has 0 saturated heterocycles. The number of rotatable bonds is 4. The zero-order valence-electron chi connectivity index (χ0n) is 11.7. The van der Waals surface area contributed by atoms with E-state index in [9.17, 15) is 4.39 Å². The number of ether oxygens (including phenoxy) is 1. The van der Waals surface area contributed by atoms with Crippen molar-refractivity contribution in [2.24, 2.45) is 0 Å². The minimum Gasteiger partial charge on any atom is -0.496 e. The average Bonchev–Trinajstić information content (AvgIpc) is 2.49. The van der Waals surface area contributed by atoms with E-state index in [0.717, 1.165) is 16.8 Å². The number of halogens is 2. The predicted octanol–water partition coefficient (Wildman–Crippen LogP) is 4.39. The quantitative estimate of drug-likeness (QED) is 0.891. The maximum atomic E-state index is 13.4. The van der Waals surface area contributed by atoms with E-state index in [1.165, 1.54) is 6.07 Å². The fourth-order valence-electron chi connectivity index (χ4n) is 2.01. The number of nitrogens with one attached hydrogen (secondary N) is 1. The molecule has 0 heterocycles. The van der Waals surface area contributed by atoms with Crippen LogP contribution < -0.4 is 10.1 Å². The standard InChI is InChI=1S/C16H14BrFN2O/c1-10-5-14(18)13(17)7-15(10)20-9-12-6-11(8-19)3-4-16(12)21-2/h3-7,20H,9H2,1-2H3. The minimum atomic E-state index is -0.290. The van der Waals surface area contributed by atoms with Gasteiger partial charge in [0.15, 0.2) is 0 Å². The van der Waals surface area contributed by atoms with Crippen LogP contribution in [0.1, 0.15) is 16.7 Å². The Bertz CT molecular complexity index is 710. The van der Waals surface area contributed by atoms with Gasteiger partial charge in [0.25, 0.3) is 0 Å². The van der Waals surface area contributed by atoms with Crippen LogP contribution in [0.25, 0.3) is 0 Å². The third-order valence-corrected chi connectivity index (χ3v) is 3.75. The van der Waals surface area contributed by atoms with Crippen LogP contribution in [0.15, 0.2) is 34.8 Å². The Morgan fingerprint density at radius 2 is 2.10 bits per heavy atom. The van der Waals surface area contributed by atoms with Gasteiger partial charge in [-0.15, -0.1) is 0 Å². The number of aryl methyl sites for hydroxylation is 1. The molecule has 0 aliphatic rings. The molecule has 0 radical (unpaired) electrons. The third-order valence-electron chi connectivity index (χ3n) is 3.15. The van der Waals surface area contributed by atoms with Crippen LogP contribution in [0.4, 0.5) is 10.1 Å². The van der Waals surface area contributed by atoms with E-state index in [4.69, 9.17) is 10.00 Å². The van der Waals surface area contributed by atoms with Crippen molar-refractivity contribution >= 4 is 21.6 Å². The molecule has 5 heteroatoms. The van der Waals surface area contributed by atoms with Crippen molar-refractivity contribution in [3.63, 3.8) is 0 Å².